The number of amidine groups is 1. The molecule has 0 saturated carbocycles. The van der Waals surface area contributed by atoms with Crippen LogP contribution in [0.4, 0.5) is 5.69 Å². The van der Waals surface area contributed by atoms with Crippen LogP contribution in [0.15, 0.2) is 72.8 Å². The van der Waals surface area contributed by atoms with Crippen molar-refractivity contribution in [2.24, 2.45) is 5.73 Å². The van der Waals surface area contributed by atoms with Crippen LogP contribution in [0.1, 0.15) is 39.8 Å². The molecule has 4 rings (SSSR count). The molecule has 0 bridgehead atoms. The largest absolute Gasteiger partial charge is 0.466 e. The molecule has 0 fully saturated rings. The number of hydrogen-bond acceptors (Lipinski definition) is 6. The molecule has 36 heavy (non-hydrogen) atoms. The van der Waals surface area contributed by atoms with Gasteiger partial charge in [0.05, 0.1) is 28.3 Å². The van der Waals surface area contributed by atoms with Crippen LogP contribution in [0.2, 0.25) is 0 Å². The first-order chi connectivity index (χ1) is 17.4. The summed E-state index contributed by atoms with van der Waals surface area (Å²) in [5, 5.41) is 8.50. The zero-order chi connectivity index (χ0) is 25.5. The minimum atomic E-state index is -0.332. The summed E-state index contributed by atoms with van der Waals surface area (Å²) in [7, 11) is 0. The highest BCUT2D eigenvalue weighted by Gasteiger charge is 2.20. The van der Waals surface area contributed by atoms with E-state index in [0.717, 1.165) is 39.3 Å². The van der Waals surface area contributed by atoms with Gasteiger partial charge in [0.2, 0.25) is 0 Å². The van der Waals surface area contributed by atoms with Crippen LogP contribution in [-0.4, -0.2) is 35.8 Å². The second-order valence-corrected chi connectivity index (χ2v) is 9.36. The number of carbonyl (C=O) groups excluding carboxylic acids is 2. The normalized spacial score (nSPS) is 10.8. The highest BCUT2D eigenvalue weighted by Crippen LogP contribution is 2.26. The Morgan fingerprint density at radius 1 is 1.00 bits per heavy atom. The summed E-state index contributed by atoms with van der Waals surface area (Å²) in [5.74, 6) is -0.459. The number of nitrogens with zero attached hydrogens (tertiary/aromatic N) is 2. The second-order valence-electron chi connectivity index (χ2n) is 8.25. The third kappa shape index (κ3) is 6.14. The van der Waals surface area contributed by atoms with Crippen LogP contribution in [-0.2, 0) is 22.4 Å². The molecule has 0 saturated heterocycles. The third-order valence-corrected chi connectivity index (χ3v) is 6.83. The maximum atomic E-state index is 13.5. The van der Waals surface area contributed by atoms with E-state index < -0.39 is 0 Å². The molecule has 0 radical (unpaired) electrons. The van der Waals surface area contributed by atoms with E-state index in [4.69, 9.17) is 20.9 Å². The minimum absolute atomic E-state index is 0.0600. The number of hydrogen-bond donors (Lipinski definition) is 2. The molecule has 0 aliphatic rings. The van der Waals surface area contributed by atoms with Crippen molar-refractivity contribution in [1.82, 2.24) is 4.98 Å². The molecular formula is C28H28N4O3S. The molecule has 184 valence electrons. The Labute approximate surface area is 214 Å². The van der Waals surface area contributed by atoms with Crippen molar-refractivity contribution in [3.8, 4) is 0 Å². The predicted molar refractivity (Wildman–Crippen MR) is 144 cm³/mol. The third-order valence-electron chi connectivity index (χ3n) is 5.73. The van der Waals surface area contributed by atoms with E-state index >= 15 is 0 Å². The van der Waals surface area contributed by atoms with Gasteiger partial charge in [-0.15, -0.1) is 11.3 Å². The zero-order valence-electron chi connectivity index (χ0n) is 20.1. The first-order valence-corrected chi connectivity index (χ1v) is 12.6. The minimum Gasteiger partial charge on any atom is -0.466 e. The Hall–Kier alpha value is -4.04. The van der Waals surface area contributed by atoms with Crippen molar-refractivity contribution in [3.63, 3.8) is 0 Å². The molecule has 3 aromatic carbocycles. The average Bonchev–Trinajstić information content (AvgIpc) is 3.31. The smallest absolute Gasteiger partial charge is 0.307 e. The second kappa shape index (κ2) is 11.6. The molecule has 1 heterocycles. The van der Waals surface area contributed by atoms with E-state index in [1.807, 2.05) is 72.8 Å². The lowest BCUT2D eigenvalue weighted by molar-refractivity contribution is -0.142. The van der Waals surface area contributed by atoms with Gasteiger partial charge in [0, 0.05) is 29.8 Å². The van der Waals surface area contributed by atoms with Gasteiger partial charge in [0.25, 0.3) is 5.91 Å². The maximum Gasteiger partial charge on any atom is 0.307 e. The maximum absolute atomic E-state index is 13.5. The Morgan fingerprint density at radius 2 is 1.72 bits per heavy atom. The lowest BCUT2D eigenvalue weighted by Gasteiger charge is -2.22. The van der Waals surface area contributed by atoms with Crippen molar-refractivity contribution in [2.75, 3.05) is 18.1 Å². The zero-order valence-corrected chi connectivity index (χ0v) is 20.9. The van der Waals surface area contributed by atoms with Gasteiger partial charge in [-0.3, -0.25) is 15.0 Å². The SMILES string of the molecule is CCOC(=O)CCN(C(=O)c1ccc2sc(CCc3ccc(C(=N)N)cc3)nc2c1)c1ccccc1. The molecule has 1 aromatic heterocycles. The number of esters is 1. The van der Waals surface area contributed by atoms with Crippen LogP contribution >= 0.6 is 11.3 Å². The van der Waals surface area contributed by atoms with Gasteiger partial charge < -0.3 is 15.4 Å². The Morgan fingerprint density at radius 3 is 2.42 bits per heavy atom. The van der Waals surface area contributed by atoms with Gasteiger partial charge in [0.15, 0.2) is 0 Å². The highest BCUT2D eigenvalue weighted by molar-refractivity contribution is 7.18. The summed E-state index contributed by atoms with van der Waals surface area (Å²) >= 11 is 1.62. The molecule has 0 spiro atoms. The van der Waals surface area contributed by atoms with E-state index in [0.29, 0.717) is 17.7 Å². The van der Waals surface area contributed by atoms with Crippen LogP contribution in [0.3, 0.4) is 0 Å². The number of benzene rings is 3. The quantitative estimate of drug-likeness (QED) is 0.182. The van der Waals surface area contributed by atoms with Crippen molar-refractivity contribution in [1.29, 1.82) is 5.41 Å². The Kier molecular flexibility index (Phi) is 8.07. The van der Waals surface area contributed by atoms with Crippen molar-refractivity contribution in [3.05, 3.63) is 94.5 Å². The van der Waals surface area contributed by atoms with Crippen molar-refractivity contribution in [2.45, 2.75) is 26.2 Å². The lowest BCUT2D eigenvalue weighted by atomic mass is 10.1. The summed E-state index contributed by atoms with van der Waals surface area (Å²) in [5.41, 5.74) is 9.41. The number of nitrogen functional groups attached to an aromatic ring is 1. The van der Waals surface area contributed by atoms with Crippen LogP contribution in [0.25, 0.3) is 10.2 Å². The van der Waals surface area contributed by atoms with Gasteiger partial charge >= 0.3 is 5.97 Å². The first-order valence-electron chi connectivity index (χ1n) is 11.8. The lowest BCUT2D eigenvalue weighted by Crippen LogP contribution is -2.33. The van der Waals surface area contributed by atoms with Crippen molar-refractivity contribution >= 4 is 45.0 Å². The van der Waals surface area contributed by atoms with E-state index in [1.54, 1.807) is 23.2 Å². The number of fused-ring (bicyclic) bond motifs is 1. The van der Waals surface area contributed by atoms with Crippen LogP contribution in [0, 0.1) is 5.41 Å². The van der Waals surface area contributed by atoms with Gasteiger partial charge in [-0.25, -0.2) is 4.98 Å². The van der Waals surface area contributed by atoms with Gasteiger partial charge in [-0.1, -0.05) is 42.5 Å². The molecule has 0 unspecified atom stereocenters. The van der Waals surface area contributed by atoms with Crippen LogP contribution in [0.5, 0.6) is 0 Å². The van der Waals surface area contributed by atoms with E-state index in [-0.39, 0.29) is 30.7 Å². The van der Waals surface area contributed by atoms with Gasteiger partial charge in [-0.05, 0) is 49.2 Å². The number of anilines is 1. The number of carbonyl (C=O) groups is 2. The molecule has 4 aromatic rings. The summed E-state index contributed by atoms with van der Waals surface area (Å²) in [6.45, 7) is 2.30. The van der Waals surface area contributed by atoms with E-state index in [1.165, 1.54) is 0 Å². The number of nitrogens with two attached hydrogens (primary N) is 1. The van der Waals surface area contributed by atoms with Gasteiger partial charge in [0.1, 0.15) is 5.84 Å². The summed E-state index contributed by atoms with van der Waals surface area (Å²) in [6, 6.07) is 22.6. The molecule has 7 nitrogen and oxygen atoms in total. The van der Waals surface area contributed by atoms with Gasteiger partial charge in [-0.2, -0.15) is 0 Å². The fraction of sp³-hybridized carbons (Fsp3) is 0.214. The number of amides is 1. The monoisotopic (exact) mass is 500 g/mol. The number of para-hydroxylation sites is 1. The molecule has 8 heteroatoms. The molecule has 3 N–H and O–H groups in total. The number of ether oxygens (including phenoxy) is 1. The average molecular weight is 501 g/mol. The molecule has 0 aliphatic carbocycles. The highest BCUT2D eigenvalue weighted by atomic mass is 32.1. The summed E-state index contributed by atoms with van der Waals surface area (Å²) in [4.78, 5) is 31.8. The Bertz CT molecular complexity index is 1370. The number of thiazole rings is 1. The van der Waals surface area contributed by atoms with E-state index in [9.17, 15) is 9.59 Å². The van der Waals surface area contributed by atoms with E-state index in [2.05, 4.69) is 0 Å². The first kappa shape index (κ1) is 25.1. The molecule has 1 amide bonds. The Balaban J connectivity index is 1.50. The number of aromatic nitrogens is 1. The van der Waals surface area contributed by atoms with Crippen LogP contribution < -0.4 is 10.6 Å². The molecule has 0 aliphatic heterocycles. The number of rotatable bonds is 10. The fourth-order valence-corrected chi connectivity index (χ4v) is 4.81. The number of nitrogens with one attached hydrogen (secondary N) is 1. The molecule has 0 atom stereocenters. The summed E-state index contributed by atoms with van der Waals surface area (Å²) < 4.78 is 6.06. The number of aryl methyl sites for hydroxylation is 2. The standard InChI is InChI=1S/C28H28N4O3S/c1-2-35-26(33)16-17-32(22-6-4-3-5-7-22)28(34)21-13-14-24-23(18-21)31-25(36-24)15-10-19-8-11-20(12-9-19)27(29)30/h3-9,11-14,18H,2,10,15-17H2,1H3,(H3,29,30). The summed E-state index contributed by atoms with van der Waals surface area (Å²) in [6.07, 6.45) is 1.71. The van der Waals surface area contributed by atoms with Crippen molar-refractivity contribution < 1.29 is 14.3 Å². The predicted octanol–water partition coefficient (Wildman–Crippen LogP) is 4.97. The topological polar surface area (TPSA) is 109 Å². The fourth-order valence-electron chi connectivity index (χ4n) is 3.87. The molecular weight excluding hydrogens is 472 g/mol.